The first-order valence-corrected chi connectivity index (χ1v) is 7.35. The first-order valence-electron chi connectivity index (χ1n) is 7.35. The Morgan fingerprint density at radius 3 is 2.23 bits per heavy atom. The molecule has 0 fully saturated rings. The van der Waals surface area contributed by atoms with Crippen molar-refractivity contribution < 1.29 is 18.6 Å². The lowest BCUT2D eigenvalue weighted by molar-refractivity contribution is 0.258. The molecule has 0 bridgehead atoms. The van der Waals surface area contributed by atoms with Crippen molar-refractivity contribution in [3.63, 3.8) is 0 Å². The number of unbranched alkanes of at least 4 members (excludes halogenated alkanes) is 1. The van der Waals surface area contributed by atoms with E-state index < -0.39 is 0 Å². The van der Waals surface area contributed by atoms with E-state index in [9.17, 15) is 4.39 Å². The van der Waals surface area contributed by atoms with Crippen LogP contribution in [0.15, 0.2) is 42.5 Å². The fraction of sp³-hybridized carbons (Fsp3) is 0.333. The molecule has 2 aromatic rings. The molecular formula is C18H21FO3. The third kappa shape index (κ3) is 4.95. The van der Waals surface area contributed by atoms with Gasteiger partial charge < -0.3 is 14.2 Å². The number of methoxy groups -OCH3 is 1. The molecule has 0 unspecified atom stereocenters. The molecule has 0 aliphatic carbocycles. The minimum Gasteiger partial charge on any atom is -0.494 e. The third-order valence-corrected chi connectivity index (χ3v) is 3.20. The van der Waals surface area contributed by atoms with Crippen LogP contribution in [-0.4, -0.2) is 20.3 Å². The topological polar surface area (TPSA) is 27.7 Å². The Hall–Kier alpha value is -2.23. The van der Waals surface area contributed by atoms with Crippen molar-refractivity contribution in [1.82, 2.24) is 0 Å². The van der Waals surface area contributed by atoms with Gasteiger partial charge in [0.15, 0.2) is 11.5 Å². The van der Waals surface area contributed by atoms with Crippen molar-refractivity contribution in [1.29, 1.82) is 0 Å². The Morgan fingerprint density at radius 1 is 0.864 bits per heavy atom. The summed E-state index contributed by atoms with van der Waals surface area (Å²) in [6.45, 7) is 3.20. The predicted molar refractivity (Wildman–Crippen MR) is 84.4 cm³/mol. The second-order valence-electron chi connectivity index (χ2n) is 5.01. The molecule has 0 atom stereocenters. The lowest BCUT2D eigenvalue weighted by Gasteiger charge is -2.11. The SMILES string of the molecule is COc1cc(C)ccc1OCCCCOc1ccc(F)cc1. The summed E-state index contributed by atoms with van der Waals surface area (Å²) in [6, 6.07) is 11.9. The van der Waals surface area contributed by atoms with Gasteiger partial charge in [0.25, 0.3) is 0 Å². The summed E-state index contributed by atoms with van der Waals surface area (Å²) in [6.07, 6.45) is 1.74. The van der Waals surface area contributed by atoms with E-state index in [4.69, 9.17) is 14.2 Å². The van der Waals surface area contributed by atoms with E-state index in [1.807, 2.05) is 25.1 Å². The molecule has 0 N–H and O–H groups in total. The van der Waals surface area contributed by atoms with E-state index >= 15 is 0 Å². The van der Waals surface area contributed by atoms with Crippen LogP contribution in [0.1, 0.15) is 18.4 Å². The van der Waals surface area contributed by atoms with Crippen LogP contribution in [0.2, 0.25) is 0 Å². The maximum atomic E-state index is 12.7. The van der Waals surface area contributed by atoms with Gasteiger partial charge >= 0.3 is 0 Å². The van der Waals surface area contributed by atoms with Crippen molar-refractivity contribution in [3.05, 3.63) is 53.8 Å². The van der Waals surface area contributed by atoms with Gasteiger partial charge in [0, 0.05) is 0 Å². The number of hydrogen-bond donors (Lipinski definition) is 0. The van der Waals surface area contributed by atoms with E-state index in [0.29, 0.717) is 19.0 Å². The normalized spacial score (nSPS) is 10.3. The highest BCUT2D eigenvalue weighted by Crippen LogP contribution is 2.27. The number of aryl methyl sites for hydroxylation is 1. The molecule has 0 heterocycles. The monoisotopic (exact) mass is 304 g/mol. The molecule has 4 heteroatoms. The Labute approximate surface area is 130 Å². The predicted octanol–water partition coefficient (Wildman–Crippen LogP) is 4.38. The standard InChI is InChI=1S/C18H21FO3/c1-14-5-10-17(18(13-14)20-2)22-12-4-3-11-21-16-8-6-15(19)7-9-16/h5-10,13H,3-4,11-12H2,1-2H3. The van der Waals surface area contributed by atoms with Gasteiger partial charge in [-0.3, -0.25) is 0 Å². The summed E-state index contributed by atoms with van der Waals surface area (Å²) in [5.74, 6) is 1.94. The van der Waals surface area contributed by atoms with Gasteiger partial charge in [0.2, 0.25) is 0 Å². The summed E-state index contributed by atoms with van der Waals surface area (Å²) in [4.78, 5) is 0. The van der Waals surface area contributed by atoms with Gasteiger partial charge in [0.05, 0.1) is 20.3 Å². The first-order chi connectivity index (χ1) is 10.7. The molecule has 2 rings (SSSR count). The van der Waals surface area contributed by atoms with E-state index in [2.05, 4.69) is 0 Å². The molecular weight excluding hydrogens is 283 g/mol. The van der Waals surface area contributed by atoms with Gasteiger partial charge in [0.1, 0.15) is 11.6 Å². The summed E-state index contributed by atoms with van der Waals surface area (Å²) >= 11 is 0. The quantitative estimate of drug-likeness (QED) is 0.677. The summed E-state index contributed by atoms with van der Waals surface area (Å²) < 4.78 is 29.3. The van der Waals surface area contributed by atoms with E-state index in [1.54, 1.807) is 19.2 Å². The summed E-state index contributed by atoms with van der Waals surface area (Å²) in [5.41, 5.74) is 1.14. The molecule has 0 saturated carbocycles. The number of hydrogen-bond acceptors (Lipinski definition) is 3. The van der Waals surface area contributed by atoms with E-state index in [0.717, 1.165) is 29.9 Å². The van der Waals surface area contributed by atoms with E-state index in [-0.39, 0.29) is 5.82 Å². The van der Waals surface area contributed by atoms with Gasteiger partial charge in [-0.05, 0) is 61.7 Å². The molecule has 0 radical (unpaired) electrons. The molecule has 22 heavy (non-hydrogen) atoms. The van der Waals surface area contributed by atoms with Crippen LogP contribution in [0.3, 0.4) is 0 Å². The van der Waals surface area contributed by atoms with Crippen molar-refractivity contribution >= 4 is 0 Å². The fourth-order valence-corrected chi connectivity index (χ4v) is 2.00. The zero-order chi connectivity index (χ0) is 15.8. The van der Waals surface area contributed by atoms with Crippen molar-refractivity contribution in [2.24, 2.45) is 0 Å². The highest BCUT2D eigenvalue weighted by molar-refractivity contribution is 5.42. The Morgan fingerprint density at radius 2 is 1.55 bits per heavy atom. The van der Waals surface area contributed by atoms with Crippen LogP contribution in [-0.2, 0) is 0 Å². The molecule has 0 aromatic heterocycles. The number of halogens is 1. The second-order valence-corrected chi connectivity index (χ2v) is 5.01. The number of ether oxygens (including phenoxy) is 3. The molecule has 0 amide bonds. The highest BCUT2D eigenvalue weighted by atomic mass is 19.1. The molecule has 0 aliphatic rings. The molecule has 118 valence electrons. The minimum atomic E-state index is -0.257. The smallest absolute Gasteiger partial charge is 0.161 e. The fourth-order valence-electron chi connectivity index (χ4n) is 2.00. The number of rotatable bonds is 8. The van der Waals surface area contributed by atoms with Crippen LogP contribution in [0.4, 0.5) is 4.39 Å². The second kappa shape index (κ2) is 8.27. The van der Waals surface area contributed by atoms with Gasteiger partial charge in [-0.1, -0.05) is 6.07 Å². The average Bonchev–Trinajstić information content (AvgIpc) is 2.53. The molecule has 2 aromatic carbocycles. The third-order valence-electron chi connectivity index (χ3n) is 3.20. The molecule has 0 spiro atoms. The molecule has 3 nitrogen and oxygen atoms in total. The summed E-state index contributed by atoms with van der Waals surface area (Å²) in [5, 5.41) is 0. The van der Waals surface area contributed by atoms with Crippen molar-refractivity contribution in [2.75, 3.05) is 20.3 Å². The van der Waals surface area contributed by atoms with Gasteiger partial charge in [-0.25, -0.2) is 4.39 Å². The largest absolute Gasteiger partial charge is 0.494 e. The Kier molecular flexibility index (Phi) is 6.07. The van der Waals surface area contributed by atoms with Crippen LogP contribution < -0.4 is 14.2 Å². The first kappa shape index (κ1) is 16.1. The Balaban J connectivity index is 1.66. The van der Waals surface area contributed by atoms with Gasteiger partial charge in [-0.15, -0.1) is 0 Å². The lowest BCUT2D eigenvalue weighted by Crippen LogP contribution is -2.03. The summed E-state index contributed by atoms with van der Waals surface area (Å²) in [7, 11) is 1.64. The van der Waals surface area contributed by atoms with Crippen molar-refractivity contribution in [3.8, 4) is 17.2 Å². The number of benzene rings is 2. The lowest BCUT2D eigenvalue weighted by atomic mass is 10.2. The van der Waals surface area contributed by atoms with E-state index in [1.165, 1.54) is 12.1 Å². The van der Waals surface area contributed by atoms with Crippen LogP contribution in [0, 0.1) is 12.7 Å². The zero-order valence-electron chi connectivity index (χ0n) is 13.0. The van der Waals surface area contributed by atoms with Crippen LogP contribution in [0.25, 0.3) is 0 Å². The highest BCUT2D eigenvalue weighted by Gasteiger charge is 2.04. The minimum absolute atomic E-state index is 0.257. The van der Waals surface area contributed by atoms with Crippen LogP contribution >= 0.6 is 0 Å². The average molecular weight is 304 g/mol. The maximum absolute atomic E-state index is 12.7. The Bertz CT molecular complexity index is 581. The van der Waals surface area contributed by atoms with Gasteiger partial charge in [-0.2, -0.15) is 0 Å². The maximum Gasteiger partial charge on any atom is 0.161 e. The zero-order valence-corrected chi connectivity index (χ0v) is 13.0. The van der Waals surface area contributed by atoms with Crippen LogP contribution in [0.5, 0.6) is 17.2 Å². The molecule has 0 aliphatic heterocycles. The molecule has 0 saturated heterocycles. The van der Waals surface area contributed by atoms with Crippen molar-refractivity contribution in [2.45, 2.75) is 19.8 Å².